The van der Waals surface area contributed by atoms with Crippen LogP contribution in [0.1, 0.15) is 16.8 Å². The minimum absolute atomic E-state index is 0.0107. The summed E-state index contributed by atoms with van der Waals surface area (Å²) in [6.45, 7) is 0.811. The summed E-state index contributed by atoms with van der Waals surface area (Å²) in [5, 5.41) is 0.576. The molecule has 21 heavy (non-hydrogen) atoms. The van der Waals surface area contributed by atoms with E-state index >= 15 is 0 Å². The molecular weight excluding hydrogens is 308 g/mol. The molecule has 0 aliphatic carbocycles. The van der Waals surface area contributed by atoms with E-state index in [0.29, 0.717) is 16.9 Å². The van der Waals surface area contributed by atoms with Gasteiger partial charge < -0.3 is 4.90 Å². The molecule has 114 valence electrons. The van der Waals surface area contributed by atoms with Crippen molar-refractivity contribution < 1.29 is 13.2 Å². The van der Waals surface area contributed by atoms with Gasteiger partial charge in [-0.2, -0.15) is 11.8 Å². The minimum atomic E-state index is -3.44. The number of benzene rings is 1. The average molecular weight is 326 g/mol. The van der Waals surface area contributed by atoms with Crippen LogP contribution < -0.4 is 0 Å². The number of sulfonamides is 1. The molecule has 0 saturated carbocycles. The summed E-state index contributed by atoms with van der Waals surface area (Å²) in [5.41, 5.74) is 0.560. The number of likely N-dealkylation sites (tertiary alicyclic amines) is 1. The molecule has 2 saturated heterocycles. The summed E-state index contributed by atoms with van der Waals surface area (Å²) in [5.74, 6) is 1.03. The Morgan fingerprint density at radius 1 is 1.29 bits per heavy atom. The lowest BCUT2D eigenvalue weighted by atomic mass is 10.2. The second kappa shape index (κ2) is 5.30. The minimum Gasteiger partial charge on any atom is -0.334 e. The summed E-state index contributed by atoms with van der Waals surface area (Å²) >= 11 is 1.94. The van der Waals surface area contributed by atoms with Crippen molar-refractivity contribution in [2.45, 2.75) is 22.6 Å². The largest absolute Gasteiger partial charge is 0.334 e. The first-order valence-corrected chi connectivity index (χ1v) is 9.33. The molecule has 2 bridgehead atoms. The van der Waals surface area contributed by atoms with Gasteiger partial charge in [0.1, 0.15) is 0 Å². The molecule has 3 rings (SSSR count). The molecule has 1 aromatic carbocycles. The van der Waals surface area contributed by atoms with E-state index in [0.717, 1.165) is 18.7 Å². The highest BCUT2D eigenvalue weighted by Crippen LogP contribution is 2.38. The number of thioether (sulfide) groups is 1. The first-order valence-electron chi connectivity index (χ1n) is 6.85. The third-order valence-electron chi connectivity index (χ3n) is 4.04. The van der Waals surface area contributed by atoms with E-state index in [1.165, 1.54) is 30.5 Å². The van der Waals surface area contributed by atoms with Crippen molar-refractivity contribution in [1.29, 1.82) is 0 Å². The first kappa shape index (κ1) is 14.9. The molecule has 2 fully saturated rings. The van der Waals surface area contributed by atoms with Gasteiger partial charge in [-0.15, -0.1) is 0 Å². The predicted molar refractivity (Wildman–Crippen MR) is 83.0 cm³/mol. The van der Waals surface area contributed by atoms with Crippen LogP contribution in [0.4, 0.5) is 0 Å². The quantitative estimate of drug-likeness (QED) is 0.839. The van der Waals surface area contributed by atoms with Gasteiger partial charge >= 0.3 is 0 Å². The number of hydrogen-bond acceptors (Lipinski definition) is 4. The van der Waals surface area contributed by atoms with Crippen LogP contribution in [-0.4, -0.2) is 61.2 Å². The van der Waals surface area contributed by atoms with Crippen molar-refractivity contribution in [3.63, 3.8) is 0 Å². The molecule has 2 atom stereocenters. The van der Waals surface area contributed by atoms with Gasteiger partial charge in [0, 0.05) is 43.2 Å². The highest BCUT2D eigenvalue weighted by atomic mass is 32.2. The molecule has 1 aromatic rings. The number of hydrogen-bond donors (Lipinski definition) is 0. The number of amides is 1. The van der Waals surface area contributed by atoms with Crippen molar-refractivity contribution in [3.05, 3.63) is 29.8 Å². The van der Waals surface area contributed by atoms with Crippen LogP contribution in [0.5, 0.6) is 0 Å². The molecule has 2 unspecified atom stereocenters. The summed E-state index contributed by atoms with van der Waals surface area (Å²) < 4.78 is 25.2. The Balaban J connectivity index is 1.80. The summed E-state index contributed by atoms with van der Waals surface area (Å²) in [6, 6.07) is 6.57. The standard InChI is InChI=1S/C14H18N2O3S2/c1-15(2)21(18,19)13-5-3-10(4-6-13)14(17)16-8-12-7-11(16)9-20-12/h3-6,11-12H,7-9H2,1-2H3. The molecule has 2 aliphatic rings. The van der Waals surface area contributed by atoms with Crippen molar-refractivity contribution in [2.75, 3.05) is 26.4 Å². The van der Waals surface area contributed by atoms with E-state index in [1.54, 1.807) is 12.1 Å². The van der Waals surface area contributed by atoms with Crippen molar-refractivity contribution >= 4 is 27.7 Å². The van der Waals surface area contributed by atoms with E-state index in [2.05, 4.69) is 0 Å². The predicted octanol–water partition coefficient (Wildman–Crippen LogP) is 1.27. The maximum Gasteiger partial charge on any atom is 0.254 e. The topological polar surface area (TPSA) is 57.7 Å². The van der Waals surface area contributed by atoms with E-state index in [1.807, 2.05) is 16.7 Å². The smallest absolute Gasteiger partial charge is 0.254 e. The number of carbonyl (C=O) groups excluding carboxylic acids is 1. The number of carbonyl (C=O) groups is 1. The van der Waals surface area contributed by atoms with Crippen LogP contribution in [0, 0.1) is 0 Å². The zero-order chi connectivity index (χ0) is 15.2. The molecule has 0 radical (unpaired) electrons. The van der Waals surface area contributed by atoms with Crippen molar-refractivity contribution in [2.24, 2.45) is 0 Å². The van der Waals surface area contributed by atoms with Gasteiger partial charge in [0.2, 0.25) is 10.0 Å². The maximum atomic E-state index is 12.5. The summed E-state index contributed by atoms with van der Waals surface area (Å²) in [4.78, 5) is 14.6. The van der Waals surface area contributed by atoms with Gasteiger partial charge in [-0.25, -0.2) is 12.7 Å². The lowest BCUT2D eigenvalue weighted by Gasteiger charge is -2.26. The zero-order valence-corrected chi connectivity index (χ0v) is 13.7. The van der Waals surface area contributed by atoms with E-state index in [9.17, 15) is 13.2 Å². The Bertz CT molecular complexity index is 655. The van der Waals surface area contributed by atoms with Gasteiger partial charge in [-0.1, -0.05) is 0 Å². The second-order valence-electron chi connectivity index (χ2n) is 5.61. The van der Waals surface area contributed by atoms with Crippen LogP contribution in [0.15, 0.2) is 29.2 Å². The number of nitrogens with zero attached hydrogens (tertiary/aromatic N) is 2. The van der Waals surface area contributed by atoms with E-state index in [-0.39, 0.29) is 10.8 Å². The van der Waals surface area contributed by atoms with Crippen molar-refractivity contribution in [1.82, 2.24) is 9.21 Å². The molecule has 1 amide bonds. The van der Waals surface area contributed by atoms with Crippen LogP contribution in [0.25, 0.3) is 0 Å². The molecule has 2 heterocycles. The van der Waals surface area contributed by atoms with Crippen LogP contribution in [-0.2, 0) is 10.0 Å². The lowest BCUT2D eigenvalue weighted by Crippen LogP contribution is -2.39. The van der Waals surface area contributed by atoms with Gasteiger partial charge in [-0.3, -0.25) is 4.79 Å². The third-order valence-corrected chi connectivity index (χ3v) is 7.26. The Hall–Kier alpha value is -1.05. The Labute approximate surface area is 129 Å². The normalized spacial score (nSPS) is 24.8. The second-order valence-corrected chi connectivity index (χ2v) is 9.10. The SMILES string of the molecule is CN(C)S(=O)(=O)c1ccc(C(=O)N2CC3CC2CS3)cc1. The average Bonchev–Trinajstić information content (AvgIpc) is 3.09. The van der Waals surface area contributed by atoms with Gasteiger partial charge in [0.25, 0.3) is 5.91 Å². The molecule has 7 heteroatoms. The summed E-state index contributed by atoms with van der Waals surface area (Å²) in [7, 11) is -0.455. The Morgan fingerprint density at radius 3 is 2.43 bits per heavy atom. The Morgan fingerprint density at radius 2 is 1.95 bits per heavy atom. The van der Waals surface area contributed by atoms with Gasteiger partial charge in [0.15, 0.2) is 0 Å². The zero-order valence-electron chi connectivity index (χ0n) is 12.0. The molecule has 0 N–H and O–H groups in total. The van der Waals surface area contributed by atoms with Crippen LogP contribution in [0.2, 0.25) is 0 Å². The Kier molecular flexibility index (Phi) is 3.75. The molecular formula is C14H18N2O3S2. The van der Waals surface area contributed by atoms with Crippen molar-refractivity contribution in [3.8, 4) is 0 Å². The highest BCUT2D eigenvalue weighted by molar-refractivity contribution is 8.00. The number of rotatable bonds is 3. The first-order chi connectivity index (χ1) is 9.89. The highest BCUT2D eigenvalue weighted by Gasteiger charge is 2.41. The maximum absolute atomic E-state index is 12.5. The third kappa shape index (κ3) is 2.58. The fourth-order valence-corrected chi connectivity index (χ4v) is 5.13. The van der Waals surface area contributed by atoms with E-state index < -0.39 is 10.0 Å². The van der Waals surface area contributed by atoms with E-state index in [4.69, 9.17) is 0 Å². The fraction of sp³-hybridized carbons (Fsp3) is 0.500. The summed E-state index contributed by atoms with van der Waals surface area (Å²) in [6.07, 6.45) is 1.09. The van der Waals surface area contributed by atoms with Crippen LogP contribution in [0.3, 0.4) is 0 Å². The fourth-order valence-electron chi connectivity index (χ4n) is 2.79. The molecule has 2 aliphatic heterocycles. The molecule has 0 aromatic heterocycles. The molecule has 5 nitrogen and oxygen atoms in total. The molecule has 0 spiro atoms. The van der Waals surface area contributed by atoms with Gasteiger partial charge in [-0.05, 0) is 30.7 Å². The number of fused-ring (bicyclic) bond motifs is 2. The van der Waals surface area contributed by atoms with Gasteiger partial charge in [0.05, 0.1) is 4.90 Å². The van der Waals surface area contributed by atoms with Crippen LogP contribution >= 0.6 is 11.8 Å². The monoisotopic (exact) mass is 326 g/mol. The lowest BCUT2D eigenvalue weighted by molar-refractivity contribution is 0.0747.